The molecule has 4 rings (SSSR count). The highest BCUT2D eigenvalue weighted by atomic mass is 16.5. The molecule has 0 N–H and O–H groups in total. The number of aromatic nitrogens is 4. The molecular formula is C21H32N6O2. The minimum atomic E-state index is 0.181. The fourth-order valence-electron chi connectivity index (χ4n) is 4.91. The minimum Gasteiger partial charge on any atom is -0.481 e. The van der Waals surface area contributed by atoms with E-state index in [0.717, 1.165) is 50.4 Å². The van der Waals surface area contributed by atoms with Gasteiger partial charge < -0.3 is 14.4 Å². The van der Waals surface area contributed by atoms with E-state index in [4.69, 9.17) is 9.47 Å². The van der Waals surface area contributed by atoms with Gasteiger partial charge in [-0.3, -0.25) is 4.90 Å². The van der Waals surface area contributed by atoms with E-state index in [1.807, 2.05) is 38.0 Å². The maximum absolute atomic E-state index is 5.89. The number of rotatable bonds is 7. The van der Waals surface area contributed by atoms with E-state index in [9.17, 15) is 0 Å². The Morgan fingerprint density at radius 1 is 1.10 bits per heavy atom. The zero-order valence-corrected chi connectivity index (χ0v) is 17.9. The Kier molecular flexibility index (Phi) is 6.12. The van der Waals surface area contributed by atoms with Crippen LogP contribution < -0.4 is 4.74 Å². The molecule has 0 unspecified atom stereocenters. The van der Waals surface area contributed by atoms with Crippen LogP contribution in [0.3, 0.4) is 0 Å². The first kappa shape index (κ1) is 20.3. The first-order chi connectivity index (χ1) is 14.1. The molecule has 0 bridgehead atoms. The van der Waals surface area contributed by atoms with Crippen LogP contribution in [-0.2, 0) is 17.8 Å². The van der Waals surface area contributed by atoms with Gasteiger partial charge in [0.15, 0.2) is 0 Å². The second kappa shape index (κ2) is 8.77. The zero-order valence-electron chi connectivity index (χ0n) is 17.9. The molecule has 0 spiro atoms. The number of methoxy groups -OCH3 is 2. The van der Waals surface area contributed by atoms with E-state index in [1.54, 1.807) is 7.11 Å². The summed E-state index contributed by atoms with van der Waals surface area (Å²) in [7, 11) is 7.58. The molecule has 158 valence electrons. The van der Waals surface area contributed by atoms with Crippen molar-refractivity contribution in [3.63, 3.8) is 0 Å². The lowest BCUT2D eigenvalue weighted by Gasteiger charge is -2.37. The molecule has 1 aliphatic heterocycles. The molecular weight excluding hydrogens is 368 g/mol. The number of ether oxygens (including phenoxy) is 2. The molecule has 4 atom stereocenters. The predicted molar refractivity (Wildman–Crippen MR) is 110 cm³/mol. The smallest absolute Gasteiger partial charge is 0.213 e. The highest BCUT2D eigenvalue weighted by Gasteiger charge is 2.43. The van der Waals surface area contributed by atoms with Gasteiger partial charge in [-0.05, 0) is 44.8 Å². The van der Waals surface area contributed by atoms with Gasteiger partial charge in [-0.25, -0.2) is 9.67 Å². The number of nitrogens with zero attached hydrogens (tertiary/aromatic N) is 6. The number of fused-ring (bicyclic) bond motifs is 1. The Bertz CT molecular complexity index is 810. The third-order valence-electron chi connectivity index (χ3n) is 6.22. The normalized spacial score (nSPS) is 27.3. The molecule has 3 heterocycles. The van der Waals surface area contributed by atoms with Crippen LogP contribution in [0.5, 0.6) is 5.88 Å². The summed E-state index contributed by atoms with van der Waals surface area (Å²) >= 11 is 0. The van der Waals surface area contributed by atoms with E-state index in [-0.39, 0.29) is 12.1 Å². The van der Waals surface area contributed by atoms with Gasteiger partial charge in [0.25, 0.3) is 0 Å². The van der Waals surface area contributed by atoms with E-state index in [1.165, 1.54) is 0 Å². The van der Waals surface area contributed by atoms with Crippen molar-refractivity contribution in [2.24, 2.45) is 11.8 Å². The van der Waals surface area contributed by atoms with E-state index < -0.39 is 0 Å². The number of hydrogen-bond donors (Lipinski definition) is 0. The fourth-order valence-corrected chi connectivity index (χ4v) is 4.91. The molecule has 0 aromatic carbocycles. The van der Waals surface area contributed by atoms with E-state index >= 15 is 0 Å². The third kappa shape index (κ3) is 4.60. The Balaban J connectivity index is 1.42. The molecule has 2 aliphatic rings. The number of pyridine rings is 1. The molecule has 0 radical (unpaired) electrons. The second-order valence-electron chi connectivity index (χ2n) is 8.63. The van der Waals surface area contributed by atoms with Crippen LogP contribution in [0.25, 0.3) is 0 Å². The van der Waals surface area contributed by atoms with Crippen molar-refractivity contribution in [3.8, 4) is 5.88 Å². The summed E-state index contributed by atoms with van der Waals surface area (Å²) < 4.78 is 13.2. The molecule has 8 heteroatoms. The maximum Gasteiger partial charge on any atom is 0.213 e. The summed E-state index contributed by atoms with van der Waals surface area (Å²) in [6, 6.07) is 6.23. The summed E-state index contributed by atoms with van der Waals surface area (Å²) in [4.78, 5) is 9.21. The zero-order chi connectivity index (χ0) is 20.4. The Morgan fingerprint density at radius 3 is 2.62 bits per heavy atom. The molecule has 2 aromatic rings. The summed E-state index contributed by atoms with van der Waals surface area (Å²) in [6.07, 6.45) is 4.41. The highest BCUT2D eigenvalue weighted by Crippen LogP contribution is 2.42. The SMILES string of the molecule is COc1cccc(CN2C[C@H]3C[C@@H](n4cc(CN(C)C)nn4)[C@H](OC)C[C@H]3C2)n1. The van der Waals surface area contributed by atoms with Gasteiger partial charge in [-0.2, -0.15) is 0 Å². The summed E-state index contributed by atoms with van der Waals surface area (Å²) in [6.45, 7) is 3.86. The van der Waals surface area contributed by atoms with Crippen LogP contribution in [-0.4, -0.2) is 77.3 Å². The summed E-state index contributed by atoms with van der Waals surface area (Å²) in [5.41, 5.74) is 2.07. The van der Waals surface area contributed by atoms with Gasteiger partial charge in [0, 0.05) is 39.4 Å². The van der Waals surface area contributed by atoms with Crippen LogP contribution in [0.1, 0.15) is 30.3 Å². The second-order valence-corrected chi connectivity index (χ2v) is 8.63. The highest BCUT2D eigenvalue weighted by molar-refractivity contribution is 5.16. The van der Waals surface area contributed by atoms with E-state index in [0.29, 0.717) is 17.7 Å². The lowest BCUT2D eigenvalue weighted by atomic mass is 9.77. The molecule has 29 heavy (non-hydrogen) atoms. The van der Waals surface area contributed by atoms with Gasteiger partial charge in [-0.15, -0.1) is 5.10 Å². The average molecular weight is 401 g/mol. The van der Waals surface area contributed by atoms with Gasteiger partial charge >= 0.3 is 0 Å². The first-order valence-electron chi connectivity index (χ1n) is 10.4. The van der Waals surface area contributed by atoms with Gasteiger partial charge in [0.05, 0.1) is 36.8 Å². The Morgan fingerprint density at radius 2 is 1.90 bits per heavy atom. The number of hydrogen-bond acceptors (Lipinski definition) is 7. The van der Waals surface area contributed by atoms with Crippen LogP contribution >= 0.6 is 0 Å². The lowest BCUT2D eigenvalue weighted by molar-refractivity contribution is -0.00547. The van der Waals surface area contributed by atoms with Gasteiger partial charge in [-0.1, -0.05) is 11.3 Å². The Labute approximate surface area is 172 Å². The first-order valence-corrected chi connectivity index (χ1v) is 10.4. The molecule has 8 nitrogen and oxygen atoms in total. The van der Waals surface area contributed by atoms with Crippen molar-refractivity contribution >= 4 is 0 Å². The van der Waals surface area contributed by atoms with Crippen molar-refractivity contribution in [3.05, 3.63) is 35.8 Å². The largest absolute Gasteiger partial charge is 0.481 e. The number of likely N-dealkylation sites (tertiary alicyclic amines) is 1. The third-order valence-corrected chi connectivity index (χ3v) is 6.22. The fraction of sp³-hybridized carbons (Fsp3) is 0.667. The van der Waals surface area contributed by atoms with Gasteiger partial charge in [0.1, 0.15) is 0 Å². The Hall–Kier alpha value is -2.03. The summed E-state index contributed by atoms with van der Waals surface area (Å²) in [5.74, 6) is 1.99. The van der Waals surface area contributed by atoms with Crippen LogP contribution in [0, 0.1) is 11.8 Å². The van der Waals surface area contributed by atoms with Crippen molar-refractivity contribution in [2.45, 2.75) is 38.1 Å². The topological polar surface area (TPSA) is 68.5 Å². The average Bonchev–Trinajstić information content (AvgIpc) is 3.32. The van der Waals surface area contributed by atoms with Crippen LogP contribution in [0.4, 0.5) is 0 Å². The minimum absolute atomic E-state index is 0.181. The summed E-state index contributed by atoms with van der Waals surface area (Å²) in [5, 5.41) is 8.79. The van der Waals surface area contributed by atoms with Crippen molar-refractivity contribution < 1.29 is 9.47 Å². The van der Waals surface area contributed by atoms with Crippen LogP contribution in [0.15, 0.2) is 24.4 Å². The van der Waals surface area contributed by atoms with Gasteiger partial charge in [0.2, 0.25) is 5.88 Å². The molecule has 0 amide bonds. The van der Waals surface area contributed by atoms with Crippen molar-refractivity contribution in [2.75, 3.05) is 41.4 Å². The van der Waals surface area contributed by atoms with Crippen molar-refractivity contribution in [1.82, 2.24) is 29.8 Å². The molecule has 1 saturated carbocycles. The van der Waals surface area contributed by atoms with Crippen molar-refractivity contribution in [1.29, 1.82) is 0 Å². The van der Waals surface area contributed by atoms with Crippen LogP contribution in [0.2, 0.25) is 0 Å². The molecule has 1 aliphatic carbocycles. The lowest BCUT2D eigenvalue weighted by Crippen LogP contribution is -2.37. The quantitative estimate of drug-likeness (QED) is 0.702. The maximum atomic E-state index is 5.89. The van der Waals surface area contributed by atoms with E-state index in [2.05, 4.69) is 37.4 Å². The molecule has 2 fully saturated rings. The standard InChI is InChI=1S/C21H32N6O2/c1-25(2)12-18-14-27(24-23-18)19-8-15-10-26(11-16(15)9-20(19)28-3)13-17-6-5-7-21(22-17)29-4/h5-7,14-16,19-20H,8-13H2,1-4H3/t15-,16+,19-,20-/m1/s1. The monoisotopic (exact) mass is 400 g/mol. The molecule has 2 aromatic heterocycles. The molecule has 1 saturated heterocycles. The predicted octanol–water partition coefficient (Wildman–Crippen LogP) is 1.84.